The smallest absolute Gasteiger partial charge is 0.244 e. The number of rotatable bonds is 2. The van der Waals surface area contributed by atoms with Crippen LogP contribution < -0.4 is 0 Å². The molecule has 2 aromatic carbocycles. The molecular weight excluding hydrogens is 444 g/mol. The van der Waals surface area contributed by atoms with Crippen LogP contribution >= 0.6 is 15.9 Å². The van der Waals surface area contributed by atoms with Gasteiger partial charge in [-0.2, -0.15) is 15.8 Å². The molecule has 0 aromatic heterocycles. The first kappa shape index (κ1) is 20.1. The third-order valence-corrected chi connectivity index (χ3v) is 6.77. The Bertz CT molecular complexity index is 1160. The molecule has 30 heavy (non-hydrogen) atoms. The molecule has 2 aliphatic heterocycles. The Balaban J connectivity index is 2.04. The number of hydrogen-bond donors (Lipinski definition) is 1. The summed E-state index contributed by atoms with van der Waals surface area (Å²) in [5, 5.41) is 39.3. The average molecular weight is 461 g/mol. The van der Waals surface area contributed by atoms with E-state index in [4.69, 9.17) is 14.9 Å². The molecule has 7 heteroatoms. The highest BCUT2D eigenvalue weighted by atomic mass is 79.9. The van der Waals surface area contributed by atoms with Gasteiger partial charge in [0, 0.05) is 10.0 Å². The van der Waals surface area contributed by atoms with Gasteiger partial charge in [-0.25, -0.2) is 0 Å². The second-order valence-corrected chi connectivity index (χ2v) is 8.61. The van der Waals surface area contributed by atoms with Crippen molar-refractivity contribution >= 4 is 21.8 Å². The summed E-state index contributed by atoms with van der Waals surface area (Å²) in [6.45, 7) is 3.65. The van der Waals surface area contributed by atoms with Crippen LogP contribution in [0.1, 0.15) is 29.7 Å². The quantitative estimate of drug-likeness (QED) is 0.686. The van der Waals surface area contributed by atoms with Gasteiger partial charge in [-0.05, 0) is 24.6 Å². The molecule has 2 bridgehead atoms. The Kier molecular flexibility index (Phi) is 4.47. The van der Waals surface area contributed by atoms with Crippen LogP contribution in [0.2, 0.25) is 0 Å². The van der Waals surface area contributed by atoms with Gasteiger partial charge in [-0.15, -0.1) is 0 Å². The van der Waals surface area contributed by atoms with Gasteiger partial charge >= 0.3 is 0 Å². The SMILES string of the molecule is Cc1ccc(C23OC(=N)C(C#N)(C2C)C(C#N)(C#N)C(c2cccc(Br)c2)O3)cc1. The predicted molar refractivity (Wildman–Crippen MR) is 111 cm³/mol. The summed E-state index contributed by atoms with van der Waals surface area (Å²) in [5.41, 5.74) is -1.55. The highest BCUT2D eigenvalue weighted by Gasteiger charge is 2.79. The summed E-state index contributed by atoms with van der Waals surface area (Å²) >= 11 is 3.42. The molecule has 6 nitrogen and oxygen atoms in total. The lowest BCUT2D eigenvalue weighted by molar-refractivity contribution is -0.288. The summed E-state index contributed by atoms with van der Waals surface area (Å²) < 4.78 is 13.2. The molecule has 2 heterocycles. The summed E-state index contributed by atoms with van der Waals surface area (Å²) in [4.78, 5) is 0. The molecule has 2 saturated heterocycles. The molecule has 4 unspecified atom stereocenters. The largest absolute Gasteiger partial charge is 0.443 e. The lowest BCUT2D eigenvalue weighted by atomic mass is 9.53. The molecular formula is C23H17BrN4O2. The number of fused-ring (bicyclic) bond motifs is 2. The van der Waals surface area contributed by atoms with Crippen LogP contribution in [0.25, 0.3) is 0 Å². The first-order chi connectivity index (χ1) is 14.3. The standard InChI is InChI=1S/C23H17BrN4O2/c1-14-6-8-17(9-7-14)23-15(2)22(13-27,20(28)30-23)21(11-25,12-26)19(29-23)16-4-3-5-18(24)10-16/h3-10,15,19,28H,1-2H3. The van der Waals surface area contributed by atoms with E-state index in [1.807, 2.05) is 49.4 Å². The minimum atomic E-state index is -1.97. The number of hydrogen-bond acceptors (Lipinski definition) is 6. The van der Waals surface area contributed by atoms with E-state index in [0.29, 0.717) is 11.1 Å². The maximum absolute atomic E-state index is 10.3. The zero-order valence-corrected chi connectivity index (χ0v) is 17.9. The number of nitrogens with one attached hydrogen (secondary N) is 1. The van der Waals surface area contributed by atoms with Crippen molar-refractivity contribution in [2.45, 2.75) is 25.7 Å². The lowest BCUT2D eigenvalue weighted by Crippen LogP contribution is -2.57. The molecule has 4 atom stereocenters. The van der Waals surface area contributed by atoms with E-state index in [1.165, 1.54) is 0 Å². The second-order valence-electron chi connectivity index (χ2n) is 7.69. The first-order valence-electron chi connectivity index (χ1n) is 9.33. The monoisotopic (exact) mass is 460 g/mol. The van der Waals surface area contributed by atoms with Crippen molar-refractivity contribution in [3.63, 3.8) is 0 Å². The Morgan fingerprint density at radius 1 is 1.03 bits per heavy atom. The van der Waals surface area contributed by atoms with E-state index in [0.717, 1.165) is 10.0 Å². The predicted octanol–water partition coefficient (Wildman–Crippen LogP) is 4.87. The third-order valence-electron chi connectivity index (χ3n) is 6.27. The van der Waals surface area contributed by atoms with Crippen molar-refractivity contribution in [2.24, 2.45) is 16.7 Å². The topological polar surface area (TPSA) is 114 Å². The number of nitriles is 3. The Hall–Kier alpha value is -3.18. The number of nitrogens with zero attached hydrogens (tertiary/aromatic N) is 3. The zero-order chi connectivity index (χ0) is 21.7. The van der Waals surface area contributed by atoms with Crippen molar-refractivity contribution in [3.8, 4) is 18.2 Å². The summed E-state index contributed by atoms with van der Waals surface area (Å²) in [6.07, 6.45) is -1.11. The summed E-state index contributed by atoms with van der Waals surface area (Å²) in [5.74, 6) is -2.66. The zero-order valence-electron chi connectivity index (χ0n) is 16.3. The Morgan fingerprint density at radius 2 is 1.70 bits per heavy atom. The molecule has 0 aliphatic carbocycles. The van der Waals surface area contributed by atoms with Crippen LogP contribution in [-0.4, -0.2) is 5.90 Å². The van der Waals surface area contributed by atoms with E-state index in [1.54, 1.807) is 25.1 Å². The molecule has 2 aliphatic rings. The minimum Gasteiger partial charge on any atom is -0.443 e. The van der Waals surface area contributed by atoms with Crippen LogP contribution in [-0.2, 0) is 15.3 Å². The van der Waals surface area contributed by atoms with Crippen molar-refractivity contribution < 1.29 is 9.47 Å². The van der Waals surface area contributed by atoms with Gasteiger partial charge in [0.2, 0.25) is 17.1 Å². The molecule has 4 rings (SSSR count). The second kappa shape index (κ2) is 6.67. The number of aryl methyl sites for hydroxylation is 1. The van der Waals surface area contributed by atoms with Crippen LogP contribution in [0, 0.1) is 63.1 Å². The molecule has 0 saturated carbocycles. The average Bonchev–Trinajstić information content (AvgIpc) is 2.90. The normalized spacial score (nSPS) is 31.1. The van der Waals surface area contributed by atoms with Gasteiger partial charge in [-0.3, -0.25) is 5.41 Å². The molecule has 0 amide bonds. The lowest BCUT2D eigenvalue weighted by Gasteiger charge is -2.48. The molecule has 148 valence electrons. The van der Waals surface area contributed by atoms with Crippen LogP contribution in [0.5, 0.6) is 0 Å². The van der Waals surface area contributed by atoms with Crippen LogP contribution in [0.4, 0.5) is 0 Å². The van der Waals surface area contributed by atoms with E-state index < -0.39 is 34.5 Å². The number of ether oxygens (including phenoxy) is 2. The third kappa shape index (κ3) is 2.27. The van der Waals surface area contributed by atoms with Gasteiger partial charge in [0.1, 0.15) is 6.10 Å². The first-order valence-corrected chi connectivity index (χ1v) is 10.1. The Labute approximate surface area is 182 Å². The summed E-state index contributed by atoms with van der Waals surface area (Å²) in [6, 6.07) is 20.8. The van der Waals surface area contributed by atoms with Gasteiger partial charge in [0.15, 0.2) is 5.41 Å². The molecule has 2 fully saturated rings. The highest BCUT2D eigenvalue weighted by Crippen LogP contribution is 2.68. The summed E-state index contributed by atoms with van der Waals surface area (Å²) in [7, 11) is 0. The molecule has 0 spiro atoms. The fourth-order valence-electron chi connectivity index (χ4n) is 4.62. The van der Waals surface area contributed by atoms with E-state index in [-0.39, 0.29) is 0 Å². The highest BCUT2D eigenvalue weighted by molar-refractivity contribution is 9.10. The van der Waals surface area contributed by atoms with Gasteiger partial charge in [0.25, 0.3) is 0 Å². The Morgan fingerprint density at radius 3 is 2.27 bits per heavy atom. The maximum Gasteiger partial charge on any atom is 0.244 e. The maximum atomic E-state index is 10.3. The minimum absolute atomic E-state index is 0.418. The van der Waals surface area contributed by atoms with Crippen molar-refractivity contribution in [1.82, 2.24) is 0 Å². The van der Waals surface area contributed by atoms with Crippen molar-refractivity contribution in [2.75, 3.05) is 0 Å². The molecule has 1 N–H and O–H groups in total. The number of halogens is 1. The van der Waals surface area contributed by atoms with Gasteiger partial charge in [0.05, 0.1) is 24.1 Å². The van der Waals surface area contributed by atoms with Crippen LogP contribution in [0.15, 0.2) is 53.0 Å². The molecule has 2 aromatic rings. The van der Waals surface area contributed by atoms with E-state index in [2.05, 4.69) is 22.0 Å². The van der Waals surface area contributed by atoms with Crippen LogP contribution in [0.3, 0.4) is 0 Å². The van der Waals surface area contributed by atoms with Crippen molar-refractivity contribution in [1.29, 1.82) is 21.2 Å². The molecule has 0 radical (unpaired) electrons. The van der Waals surface area contributed by atoms with E-state index >= 15 is 0 Å². The fourth-order valence-corrected chi connectivity index (χ4v) is 5.04. The van der Waals surface area contributed by atoms with Gasteiger partial charge in [-0.1, -0.05) is 64.8 Å². The van der Waals surface area contributed by atoms with E-state index in [9.17, 15) is 15.8 Å². The fraction of sp³-hybridized carbons (Fsp3) is 0.304. The number of benzene rings is 2. The van der Waals surface area contributed by atoms with Gasteiger partial charge < -0.3 is 9.47 Å². The van der Waals surface area contributed by atoms with Crippen molar-refractivity contribution in [3.05, 3.63) is 69.7 Å².